The van der Waals surface area contributed by atoms with E-state index >= 15 is 0 Å². The number of nitrogens with zero attached hydrogens (tertiary/aromatic N) is 3. The highest BCUT2D eigenvalue weighted by atomic mass is 16.7. The molecular weight excluding hydrogens is 506 g/mol. The Balaban J connectivity index is 1.59. The van der Waals surface area contributed by atoms with Gasteiger partial charge in [0.25, 0.3) is 0 Å². The van der Waals surface area contributed by atoms with E-state index in [1.54, 1.807) is 13.2 Å². The van der Waals surface area contributed by atoms with Gasteiger partial charge < -0.3 is 23.7 Å². The van der Waals surface area contributed by atoms with Gasteiger partial charge in [0.1, 0.15) is 24.1 Å². The molecule has 0 amide bonds. The molecule has 2 aromatic rings. The van der Waals surface area contributed by atoms with Crippen LogP contribution in [0.15, 0.2) is 18.7 Å². The van der Waals surface area contributed by atoms with Gasteiger partial charge in [0.2, 0.25) is 6.79 Å². The van der Waals surface area contributed by atoms with Gasteiger partial charge in [0.15, 0.2) is 18.3 Å². The SMILES string of the molecule is C=CCOc1c(C)c2c(c3c1CC1C4c5c(cc(C)c(C)c5OCOC)C[C@@H]([C@H](C#N)N1[C@H]3CC)N4C)OCO2. The molecule has 40 heavy (non-hydrogen) atoms. The van der Waals surface area contributed by atoms with Crippen LogP contribution < -0.4 is 18.9 Å². The smallest absolute Gasteiger partial charge is 0.231 e. The van der Waals surface area contributed by atoms with Crippen LogP contribution in [-0.4, -0.2) is 62.3 Å². The molecule has 5 atom stereocenters. The molecule has 0 radical (unpaired) electrons. The van der Waals surface area contributed by atoms with Crippen LogP contribution in [-0.2, 0) is 17.6 Å². The van der Waals surface area contributed by atoms with Gasteiger partial charge in [-0.1, -0.05) is 25.6 Å². The van der Waals surface area contributed by atoms with Gasteiger partial charge in [-0.05, 0) is 63.8 Å². The zero-order valence-electron chi connectivity index (χ0n) is 24.4. The van der Waals surface area contributed by atoms with Crippen molar-refractivity contribution in [3.63, 3.8) is 0 Å². The molecule has 0 aromatic heterocycles. The number of hydrogen-bond donors (Lipinski definition) is 0. The van der Waals surface area contributed by atoms with Crippen LogP contribution in [0.1, 0.15) is 64.4 Å². The highest BCUT2D eigenvalue weighted by Crippen LogP contribution is 2.58. The highest BCUT2D eigenvalue weighted by Gasteiger charge is 2.56. The standard InChI is InChI=1S/C32H39N3O5/c1-8-10-37-29-19(5)31-32(40-16-39-31)27-21(29)13-24-28-26-20(11-17(3)18(4)30(26)38-15-36-7)12-23(34(28)6)25(14-33)35(24)22(27)9-2/h8,11,22-25,28H,1,9-10,12-13,15-16H2,2-7H3/t22-,23-,24?,25-,28?/m0/s1. The first-order valence-electron chi connectivity index (χ1n) is 14.2. The van der Waals surface area contributed by atoms with E-state index in [0.717, 1.165) is 58.1 Å². The Kier molecular flexibility index (Phi) is 6.94. The van der Waals surface area contributed by atoms with E-state index in [0.29, 0.717) is 13.0 Å². The maximum Gasteiger partial charge on any atom is 0.231 e. The van der Waals surface area contributed by atoms with Crippen LogP contribution >= 0.6 is 0 Å². The van der Waals surface area contributed by atoms with Gasteiger partial charge in [-0.3, -0.25) is 9.80 Å². The molecule has 2 aromatic carbocycles. The molecule has 8 nitrogen and oxygen atoms in total. The third kappa shape index (κ3) is 3.75. The van der Waals surface area contributed by atoms with Crippen molar-refractivity contribution in [3.8, 4) is 29.1 Å². The monoisotopic (exact) mass is 545 g/mol. The lowest BCUT2D eigenvalue weighted by atomic mass is 9.71. The average molecular weight is 546 g/mol. The number of likely N-dealkylation sites (N-methyl/N-ethyl adjacent to an activating group) is 1. The second-order valence-corrected chi connectivity index (χ2v) is 11.4. The summed E-state index contributed by atoms with van der Waals surface area (Å²) >= 11 is 0. The minimum Gasteiger partial charge on any atom is -0.489 e. The fraction of sp³-hybridized carbons (Fsp3) is 0.531. The Morgan fingerprint density at radius 2 is 1.85 bits per heavy atom. The van der Waals surface area contributed by atoms with Gasteiger partial charge >= 0.3 is 0 Å². The van der Waals surface area contributed by atoms with Crippen molar-refractivity contribution in [2.45, 2.75) is 77.2 Å². The molecule has 1 fully saturated rings. The zero-order chi connectivity index (χ0) is 28.3. The summed E-state index contributed by atoms with van der Waals surface area (Å²) < 4.78 is 30.1. The van der Waals surface area contributed by atoms with Crippen molar-refractivity contribution < 1.29 is 23.7 Å². The summed E-state index contributed by atoms with van der Waals surface area (Å²) in [5.74, 6) is 3.32. The molecule has 4 aliphatic heterocycles. The molecule has 1 saturated heterocycles. The lowest BCUT2D eigenvalue weighted by Crippen LogP contribution is -2.68. The van der Waals surface area contributed by atoms with Gasteiger partial charge in [0.05, 0.1) is 12.1 Å². The van der Waals surface area contributed by atoms with E-state index in [-0.39, 0.29) is 43.8 Å². The van der Waals surface area contributed by atoms with Crippen molar-refractivity contribution in [3.05, 3.63) is 57.7 Å². The predicted octanol–water partition coefficient (Wildman–Crippen LogP) is 5.07. The van der Waals surface area contributed by atoms with E-state index in [1.807, 2.05) is 6.92 Å². The summed E-state index contributed by atoms with van der Waals surface area (Å²) in [4.78, 5) is 4.90. The first-order valence-corrected chi connectivity index (χ1v) is 14.2. The van der Waals surface area contributed by atoms with Gasteiger partial charge in [0, 0.05) is 47.5 Å². The Hall–Kier alpha value is -3.25. The number of methoxy groups -OCH3 is 1. The van der Waals surface area contributed by atoms with Crippen LogP contribution in [0.5, 0.6) is 23.0 Å². The van der Waals surface area contributed by atoms with Crippen molar-refractivity contribution in [1.29, 1.82) is 5.26 Å². The number of hydrogen-bond acceptors (Lipinski definition) is 8. The van der Waals surface area contributed by atoms with Crippen LogP contribution in [0.2, 0.25) is 0 Å². The Labute approximate surface area is 237 Å². The summed E-state index contributed by atoms with van der Waals surface area (Å²) in [6, 6.07) is 4.85. The summed E-state index contributed by atoms with van der Waals surface area (Å²) in [5, 5.41) is 10.7. The zero-order valence-corrected chi connectivity index (χ0v) is 24.4. The molecule has 4 aliphatic rings. The number of benzene rings is 2. The van der Waals surface area contributed by atoms with Crippen molar-refractivity contribution in [2.75, 3.05) is 34.4 Å². The van der Waals surface area contributed by atoms with Gasteiger partial charge in [-0.25, -0.2) is 0 Å². The fourth-order valence-corrected chi connectivity index (χ4v) is 7.72. The first kappa shape index (κ1) is 26.9. The minimum absolute atomic E-state index is 0.0179. The molecule has 212 valence electrons. The summed E-state index contributed by atoms with van der Waals surface area (Å²) in [6.07, 6.45) is 4.11. The fourth-order valence-electron chi connectivity index (χ4n) is 7.72. The third-order valence-electron chi connectivity index (χ3n) is 9.46. The largest absolute Gasteiger partial charge is 0.489 e. The van der Waals surface area contributed by atoms with E-state index in [2.05, 4.69) is 56.3 Å². The Morgan fingerprint density at radius 1 is 1.07 bits per heavy atom. The van der Waals surface area contributed by atoms with E-state index in [9.17, 15) is 5.26 Å². The second kappa shape index (κ2) is 10.3. The number of rotatable bonds is 7. The minimum atomic E-state index is -0.278. The maximum atomic E-state index is 10.7. The highest BCUT2D eigenvalue weighted by molar-refractivity contribution is 5.66. The van der Waals surface area contributed by atoms with E-state index in [1.165, 1.54) is 16.7 Å². The molecule has 0 saturated carbocycles. The lowest BCUT2D eigenvalue weighted by Gasteiger charge is -2.60. The predicted molar refractivity (Wildman–Crippen MR) is 151 cm³/mol. The average Bonchev–Trinajstić information content (AvgIpc) is 3.44. The van der Waals surface area contributed by atoms with Crippen molar-refractivity contribution in [2.24, 2.45) is 0 Å². The Morgan fingerprint density at radius 3 is 2.55 bits per heavy atom. The topological polar surface area (TPSA) is 76.4 Å². The van der Waals surface area contributed by atoms with Crippen LogP contribution in [0.3, 0.4) is 0 Å². The quantitative estimate of drug-likeness (QED) is 0.353. The van der Waals surface area contributed by atoms with E-state index in [4.69, 9.17) is 23.7 Å². The Bertz CT molecular complexity index is 1400. The summed E-state index contributed by atoms with van der Waals surface area (Å²) in [5.41, 5.74) is 8.02. The number of fused-ring (bicyclic) bond motifs is 9. The molecule has 8 heteroatoms. The number of aryl methyl sites for hydroxylation is 1. The molecule has 0 spiro atoms. The van der Waals surface area contributed by atoms with E-state index < -0.39 is 0 Å². The van der Waals surface area contributed by atoms with Crippen molar-refractivity contribution in [1.82, 2.24) is 9.80 Å². The molecule has 0 aliphatic carbocycles. The first-order chi connectivity index (χ1) is 19.4. The molecule has 6 rings (SSSR count). The molecule has 2 unspecified atom stereocenters. The van der Waals surface area contributed by atoms with Crippen LogP contribution in [0.25, 0.3) is 0 Å². The molecule has 0 N–H and O–H groups in total. The molecular formula is C32H39N3O5. The van der Waals surface area contributed by atoms with Crippen LogP contribution in [0.4, 0.5) is 0 Å². The number of piperazine rings is 1. The lowest BCUT2D eigenvalue weighted by molar-refractivity contribution is -0.0744. The second-order valence-electron chi connectivity index (χ2n) is 11.4. The molecule has 4 heterocycles. The maximum absolute atomic E-state index is 10.7. The van der Waals surface area contributed by atoms with Crippen LogP contribution in [0, 0.1) is 32.1 Å². The van der Waals surface area contributed by atoms with Gasteiger partial charge in [-0.2, -0.15) is 5.26 Å². The number of nitriles is 1. The third-order valence-corrected chi connectivity index (χ3v) is 9.46. The number of ether oxygens (including phenoxy) is 5. The van der Waals surface area contributed by atoms with Crippen molar-refractivity contribution >= 4 is 0 Å². The normalized spacial score (nSPS) is 26.4. The summed E-state index contributed by atoms with van der Waals surface area (Å²) in [6.45, 7) is 13.2. The summed E-state index contributed by atoms with van der Waals surface area (Å²) in [7, 11) is 3.83. The molecule has 2 bridgehead atoms. The van der Waals surface area contributed by atoms with Gasteiger partial charge in [-0.15, -0.1) is 0 Å².